The second-order valence-corrected chi connectivity index (χ2v) is 23.3. The Morgan fingerprint density at radius 1 is 0.421 bits per heavy atom. The van der Waals surface area contributed by atoms with Gasteiger partial charge in [0, 0.05) is 33.0 Å². The van der Waals surface area contributed by atoms with Crippen LogP contribution in [-0.4, -0.2) is 0 Å². The third-order valence-electron chi connectivity index (χ3n) is 17.4. The van der Waals surface area contributed by atoms with Crippen molar-refractivity contribution in [3.63, 3.8) is 0 Å². The van der Waals surface area contributed by atoms with E-state index in [1.807, 2.05) is 0 Å². The van der Waals surface area contributed by atoms with E-state index in [1.165, 1.54) is 94.9 Å². The molecule has 76 heavy (non-hydrogen) atoms. The fraction of sp³-hybridized carbons (Fsp3) is 0.189. The van der Waals surface area contributed by atoms with E-state index in [0.717, 1.165) is 27.9 Å². The van der Waals surface area contributed by atoms with Crippen molar-refractivity contribution in [3.05, 3.63) is 286 Å². The molecule has 2 heteroatoms. The van der Waals surface area contributed by atoms with Crippen LogP contribution < -0.4 is 9.80 Å². The Hall–Kier alpha value is -8.20. The molecule has 12 rings (SSSR count). The normalized spacial score (nSPS) is 19.7. The van der Waals surface area contributed by atoms with Crippen molar-refractivity contribution in [1.29, 1.82) is 0 Å². The highest BCUT2D eigenvalue weighted by atomic mass is 15.2. The monoisotopic (exact) mass is 985 g/mol. The lowest BCUT2D eigenvalue weighted by Gasteiger charge is -2.42. The Bertz CT molecular complexity index is 3820. The Morgan fingerprint density at radius 2 is 0.908 bits per heavy atom. The van der Waals surface area contributed by atoms with Gasteiger partial charge in [-0.3, -0.25) is 0 Å². The first-order chi connectivity index (χ1) is 36.6. The van der Waals surface area contributed by atoms with Gasteiger partial charge in [-0.2, -0.15) is 0 Å². The van der Waals surface area contributed by atoms with Gasteiger partial charge in [0.2, 0.25) is 0 Å². The molecule has 0 amide bonds. The van der Waals surface area contributed by atoms with E-state index in [4.69, 9.17) is 0 Å². The Balaban J connectivity index is 1.24. The van der Waals surface area contributed by atoms with Crippen LogP contribution in [0, 0.1) is 0 Å². The lowest BCUT2D eigenvalue weighted by molar-refractivity contribution is 0.632. The second-order valence-electron chi connectivity index (χ2n) is 23.3. The Labute approximate surface area is 451 Å². The van der Waals surface area contributed by atoms with Gasteiger partial charge >= 0.3 is 0 Å². The topological polar surface area (TPSA) is 6.48 Å². The molecule has 2 nitrogen and oxygen atoms in total. The summed E-state index contributed by atoms with van der Waals surface area (Å²) in [4.78, 5) is 4.99. The van der Waals surface area contributed by atoms with Gasteiger partial charge in [0.25, 0.3) is 0 Å². The van der Waals surface area contributed by atoms with Crippen LogP contribution in [0.5, 0.6) is 0 Å². The summed E-state index contributed by atoms with van der Waals surface area (Å²) in [6.07, 6.45) is 13.9. The van der Waals surface area contributed by atoms with Gasteiger partial charge in [-0.05, 0) is 157 Å². The highest BCUT2D eigenvalue weighted by Gasteiger charge is 2.40. The first-order valence-electron chi connectivity index (χ1n) is 27.2. The van der Waals surface area contributed by atoms with Crippen LogP contribution in [0.1, 0.15) is 125 Å². The zero-order valence-corrected chi connectivity index (χ0v) is 45.8. The molecule has 0 fully saturated rings. The highest BCUT2D eigenvalue weighted by Crippen LogP contribution is 2.56. The quantitative estimate of drug-likeness (QED) is 0.173. The molecule has 0 saturated carbocycles. The van der Waals surface area contributed by atoms with E-state index in [0.29, 0.717) is 0 Å². The molecule has 8 aromatic carbocycles. The minimum atomic E-state index is -0.193. The number of allylic oxidation sites excluding steroid dienone is 9. The molecular formula is C74H68N2. The molecule has 0 aromatic heterocycles. The van der Waals surface area contributed by atoms with Crippen molar-refractivity contribution in [2.45, 2.75) is 90.9 Å². The zero-order valence-electron chi connectivity index (χ0n) is 45.8. The van der Waals surface area contributed by atoms with Crippen LogP contribution in [0.3, 0.4) is 0 Å². The molecule has 8 aromatic rings. The first-order valence-corrected chi connectivity index (χ1v) is 27.2. The number of fused-ring (bicyclic) bond motifs is 7. The van der Waals surface area contributed by atoms with Crippen molar-refractivity contribution >= 4 is 67.7 Å². The number of hydrogen-bond acceptors (Lipinski definition) is 2. The number of rotatable bonds is 4. The summed E-state index contributed by atoms with van der Waals surface area (Å²) in [5, 5.41) is 2.32. The molecule has 2 heterocycles. The summed E-state index contributed by atoms with van der Waals surface area (Å²) in [5.41, 5.74) is 24.0. The van der Waals surface area contributed by atoms with Crippen molar-refractivity contribution in [2.24, 2.45) is 0 Å². The minimum absolute atomic E-state index is 0.182. The molecule has 0 N–H and O–H groups in total. The van der Waals surface area contributed by atoms with Crippen LogP contribution in [0.15, 0.2) is 230 Å². The highest BCUT2D eigenvalue weighted by molar-refractivity contribution is 6.11. The maximum Gasteiger partial charge on any atom is 0.0502 e. The number of benzene rings is 7. The second kappa shape index (κ2) is 18.3. The van der Waals surface area contributed by atoms with Crippen LogP contribution >= 0.6 is 0 Å². The van der Waals surface area contributed by atoms with Crippen molar-refractivity contribution in [3.8, 4) is 0 Å². The number of hydrogen-bond donors (Lipinski definition) is 0. The van der Waals surface area contributed by atoms with Crippen molar-refractivity contribution < 1.29 is 0 Å². The zero-order chi connectivity index (χ0) is 52.7. The standard InChI is InChI=1S/C74H68N2/c1-11-59-70(57-30-13-15-33-61(57)72(59,5)6)49(2)54-44-42-52(75-66-38-20-16-34-62(66)73(7,8)63-35-17-21-39-67(63)75)29-26-31-55(50-27-24-25-46-71(3,4)60-32-14-12-28-51(60)47-50)58-48-53(43-45-56(54)58)76-68-40-22-18-36-64(68)74(9,10)65-37-19-23-41-69(65)76/h11-48H,1-10H3/b27-24+,29-26?,31-26?,44-42?,46-25-,50-47-,52-29?,52-42?,54-44?,55-31?,56-54?,58-55?,59-11+,70-49+. The summed E-state index contributed by atoms with van der Waals surface area (Å²) >= 11 is 0. The van der Waals surface area contributed by atoms with Gasteiger partial charge in [0.1, 0.15) is 0 Å². The summed E-state index contributed by atoms with van der Waals surface area (Å²) < 4.78 is 0. The number of nitrogens with zero attached hydrogens (tertiary/aromatic N) is 2. The maximum absolute atomic E-state index is 2.50. The molecule has 4 aliphatic rings. The molecule has 2 aliphatic carbocycles. The first kappa shape index (κ1) is 48.7. The molecule has 2 aliphatic heterocycles. The van der Waals surface area contributed by atoms with Gasteiger partial charge in [-0.15, -0.1) is 0 Å². The molecular weight excluding hydrogens is 917 g/mol. The van der Waals surface area contributed by atoms with E-state index in [-0.39, 0.29) is 21.7 Å². The fourth-order valence-electron chi connectivity index (χ4n) is 13.4. The average Bonchev–Trinajstić information content (AvgIpc) is 3.85. The molecule has 0 radical (unpaired) electrons. The third-order valence-corrected chi connectivity index (χ3v) is 17.4. The van der Waals surface area contributed by atoms with Gasteiger partial charge < -0.3 is 9.80 Å². The van der Waals surface area contributed by atoms with Gasteiger partial charge in [0.15, 0.2) is 0 Å². The lowest BCUT2D eigenvalue weighted by Crippen LogP contribution is -2.30. The predicted octanol–water partition coefficient (Wildman–Crippen LogP) is 20.3. The minimum Gasteiger partial charge on any atom is -0.310 e. The molecule has 374 valence electrons. The van der Waals surface area contributed by atoms with E-state index < -0.39 is 0 Å². The summed E-state index contributed by atoms with van der Waals surface area (Å²) in [7, 11) is 0. The van der Waals surface area contributed by atoms with Crippen LogP contribution in [0.2, 0.25) is 0 Å². The predicted molar refractivity (Wildman–Crippen MR) is 327 cm³/mol. The van der Waals surface area contributed by atoms with E-state index in [9.17, 15) is 0 Å². The third kappa shape index (κ3) is 7.67. The van der Waals surface area contributed by atoms with Gasteiger partial charge in [-0.1, -0.05) is 231 Å². The molecule has 0 unspecified atom stereocenters. The Kier molecular flexibility index (Phi) is 11.7. The Morgan fingerprint density at radius 3 is 1.49 bits per heavy atom. The van der Waals surface area contributed by atoms with Crippen LogP contribution in [-0.2, 0) is 21.7 Å². The summed E-state index contributed by atoms with van der Waals surface area (Å²) in [5.74, 6) is 0. The molecule has 0 atom stereocenters. The van der Waals surface area contributed by atoms with Gasteiger partial charge in [0.05, 0.1) is 22.7 Å². The lowest BCUT2D eigenvalue weighted by atomic mass is 9.73. The summed E-state index contributed by atoms with van der Waals surface area (Å²) in [6, 6.07) is 73.0. The van der Waals surface area contributed by atoms with Crippen molar-refractivity contribution in [2.75, 3.05) is 9.80 Å². The van der Waals surface area contributed by atoms with Crippen LogP contribution in [0.25, 0.3) is 33.6 Å². The van der Waals surface area contributed by atoms with Crippen LogP contribution in [0.4, 0.5) is 34.1 Å². The number of para-hydroxylation sites is 4. The van der Waals surface area contributed by atoms with E-state index in [2.05, 4.69) is 310 Å². The van der Waals surface area contributed by atoms with E-state index in [1.54, 1.807) is 0 Å². The smallest absolute Gasteiger partial charge is 0.0502 e. The number of anilines is 6. The molecule has 0 bridgehead atoms. The fourth-order valence-corrected chi connectivity index (χ4v) is 13.4. The SMILES string of the molecule is C/C=C1\C(=C(/C)c2ccc(N3c4ccccc4C(C)(C)c4ccccc43)cccc(C3=C/c4ccccc4C(C)(C)\C=C/C=C/3)c3cc(N4c5ccccc5C(C)(C)c5ccccc54)ccc23)c2ccccc2C1(C)C. The van der Waals surface area contributed by atoms with Crippen molar-refractivity contribution in [1.82, 2.24) is 0 Å². The average molecular weight is 985 g/mol. The molecule has 0 spiro atoms. The van der Waals surface area contributed by atoms with Gasteiger partial charge in [-0.25, -0.2) is 0 Å². The molecule has 0 saturated heterocycles. The van der Waals surface area contributed by atoms with E-state index >= 15 is 0 Å². The maximum atomic E-state index is 2.50. The summed E-state index contributed by atoms with van der Waals surface area (Å²) in [6.45, 7) is 23.5. The largest absolute Gasteiger partial charge is 0.310 e.